The first-order valence-electron chi connectivity index (χ1n) is 5.60. The van der Waals surface area contributed by atoms with Gasteiger partial charge in [-0.25, -0.2) is 0 Å². The molecule has 1 atom stereocenters. The molecule has 1 aliphatic rings. The summed E-state index contributed by atoms with van der Waals surface area (Å²) in [5, 5.41) is 0. The zero-order chi connectivity index (χ0) is 12.2. The molecule has 0 spiro atoms. The van der Waals surface area contributed by atoms with E-state index in [4.69, 9.17) is 9.47 Å². The van der Waals surface area contributed by atoms with Crippen LogP contribution in [0.5, 0.6) is 0 Å². The summed E-state index contributed by atoms with van der Waals surface area (Å²) >= 11 is 0. The third kappa shape index (κ3) is 2.10. The van der Waals surface area contributed by atoms with E-state index in [1.807, 2.05) is 19.1 Å². The molecule has 0 aromatic heterocycles. The zero-order valence-electron chi connectivity index (χ0n) is 9.99. The summed E-state index contributed by atoms with van der Waals surface area (Å²) in [6, 6.07) is 0. The Bertz CT molecular complexity index is 288. The fourth-order valence-corrected chi connectivity index (χ4v) is 1.83. The van der Waals surface area contributed by atoms with Gasteiger partial charge in [0.1, 0.15) is 0 Å². The van der Waals surface area contributed by atoms with Crippen molar-refractivity contribution in [3.63, 3.8) is 0 Å². The molecule has 0 radical (unpaired) electrons. The van der Waals surface area contributed by atoms with Gasteiger partial charge in [0.05, 0.1) is 13.2 Å². The second-order valence-electron chi connectivity index (χ2n) is 3.75. The third-order valence-corrected chi connectivity index (χ3v) is 2.72. The average Bonchev–Trinajstić information content (AvgIpc) is 2.95. The summed E-state index contributed by atoms with van der Waals surface area (Å²) in [4.78, 5) is 23.5. The maximum Gasteiger partial charge on any atom is 0.324 e. The predicted molar refractivity (Wildman–Crippen MR) is 58.6 cm³/mol. The summed E-state index contributed by atoms with van der Waals surface area (Å²) in [6.07, 6.45) is 4.19. The summed E-state index contributed by atoms with van der Waals surface area (Å²) in [5.74, 6) is -0.997. The second kappa shape index (κ2) is 5.14. The Morgan fingerprint density at radius 3 is 2.12 bits per heavy atom. The molecule has 0 heterocycles. The number of carbonyl (C=O) groups excluding carboxylic acids is 2. The molecule has 0 bridgehead atoms. The third-order valence-electron chi connectivity index (χ3n) is 2.72. The first-order chi connectivity index (χ1) is 7.63. The highest BCUT2D eigenvalue weighted by molar-refractivity contribution is 6.04. The van der Waals surface area contributed by atoms with Gasteiger partial charge >= 0.3 is 11.9 Å². The van der Waals surface area contributed by atoms with Crippen LogP contribution in [0.2, 0.25) is 0 Å². The van der Waals surface area contributed by atoms with Gasteiger partial charge in [-0.3, -0.25) is 9.59 Å². The van der Waals surface area contributed by atoms with E-state index >= 15 is 0 Å². The Kier molecular flexibility index (Phi) is 4.10. The van der Waals surface area contributed by atoms with Crippen molar-refractivity contribution in [1.82, 2.24) is 0 Å². The van der Waals surface area contributed by atoms with Gasteiger partial charge < -0.3 is 9.47 Å². The van der Waals surface area contributed by atoms with Gasteiger partial charge in [0, 0.05) is 5.92 Å². The highest BCUT2D eigenvalue weighted by atomic mass is 16.6. The van der Waals surface area contributed by atoms with Crippen LogP contribution in [0.15, 0.2) is 12.2 Å². The van der Waals surface area contributed by atoms with Gasteiger partial charge in [-0.2, -0.15) is 0 Å². The van der Waals surface area contributed by atoms with E-state index in [0.29, 0.717) is 6.42 Å². The first kappa shape index (κ1) is 12.7. The standard InChI is InChI=1S/C12H18O4/c1-4-7-9-8-12(9,10(13)15-5-2)11(14)16-6-3/h4,7,9H,5-6,8H2,1-3H3/b7-4-/t9-/m1/s1. The van der Waals surface area contributed by atoms with Crippen LogP contribution >= 0.6 is 0 Å². The summed E-state index contributed by atoms with van der Waals surface area (Å²) in [5.41, 5.74) is -1.07. The van der Waals surface area contributed by atoms with Crippen molar-refractivity contribution in [2.24, 2.45) is 11.3 Å². The van der Waals surface area contributed by atoms with Gasteiger partial charge in [0.25, 0.3) is 0 Å². The van der Waals surface area contributed by atoms with E-state index in [-0.39, 0.29) is 19.1 Å². The van der Waals surface area contributed by atoms with Crippen LogP contribution in [0.3, 0.4) is 0 Å². The van der Waals surface area contributed by atoms with Crippen molar-refractivity contribution in [2.45, 2.75) is 27.2 Å². The molecular weight excluding hydrogens is 208 g/mol. The number of ether oxygens (including phenoxy) is 2. The number of carbonyl (C=O) groups is 2. The minimum absolute atomic E-state index is 0.0735. The number of hydrogen-bond donors (Lipinski definition) is 0. The van der Waals surface area contributed by atoms with Crippen molar-refractivity contribution < 1.29 is 19.1 Å². The maximum absolute atomic E-state index is 11.8. The van der Waals surface area contributed by atoms with E-state index in [2.05, 4.69) is 0 Å². The van der Waals surface area contributed by atoms with Gasteiger partial charge in [-0.05, 0) is 27.2 Å². The van der Waals surface area contributed by atoms with Gasteiger partial charge in [-0.15, -0.1) is 0 Å². The highest BCUT2D eigenvalue weighted by Crippen LogP contribution is 2.55. The van der Waals surface area contributed by atoms with Crippen LogP contribution in [-0.4, -0.2) is 25.2 Å². The lowest BCUT2D eigenvalue weighted by molar-refractivity contribution is -0.164. The highest BCUT2D eigenvalue weighted by Gasteiger charge is 2.67. The molecule has 4 heteroatoms. The Balaban J connectivity index is 2.80. The SMILES string of the molecule is C/C=C\[C@@H]1CC1(C(=O)OCC)C(=O)OCC. The molecule has 4 nitrogen and oxygen atoms in total. The Morgan fingerprint density at radius 1 is 1.25 bits per heavy atom. The summed E-state index contributed by atoms with van der Waals surface area (Å²) in [6.45, 7) is 5.87. The lowest BCUT2D eigenvalue weighted by Gasteiger charge is -2.13. The number of esters is 2. The van der Waals surface area contributed by atoms with E-state index < -0.39 is 17.4 Å². The Morgan fingerprint density at radius 2 is 1.75 bits per heavy atom. The van der Waals surface area contributed by atoms with Crippen LogP contribution in [-0.2, 0) is 19.1 Å². The molecule has 0 unspecified atom stereocenters. The molecule has 0 aliphatic heterocycles. The molecule has 0 N–H and O–H groups in total. The Hall–Kier alpha value is -1.32. The molecule has 0 saturated heterocycles. The molecule has 0 aromatic rings. The summed E-state index contributed by atoms with van der Waals surface area (Å²) in [7, 11) is 0. The van der Waals surface area contributed by atoms with Crippen molar-refractivity contribution >= 4 is 11.9 Å². The first-order valence-corrected chi connectivity index (χ1v) is 5.60. The van der Waals surface area contributed by atoms with E-state index in [1.165, 1.54) is 0 Å². The van der Waals surface area contributed by atoms with Crippen LogP contribution in [0.4, 0.5) is 0 Å². The molecule has 1 fully saturated rings. The predicted octanol–water partition coefficient (Wildman–Crippen LogP) is 1.70. The van der Waals surface area contributed by atoms with E-state index in [9.17, 15) is 9.59 Å². The van der Waals surface area contributed by atoms with E-state index in [1.54, 1.807) is 13.8 Å². The maximum atomic E-state index is 11.8. The number of rotatable bonds is 5. The van der Waals surface area contributed by atoms with Crippen molar-refractivity contribution in [3.8, 4) is 0 Å². The zero-order valence-corrected chi connectivity index (χ0v) is 9.99. The smallest absolute Gasteiger partial charge is 0.324 e. The quantitative estimate of drug-likeness (QED) is 0.406. The average molecular weight is 226 g/mol. The van der Waals surface area contributed by atoms with Crippen molar-refractivity contribution in [1.29, 1.82) is 0 Å². The van der Waals surface area contributed by atoms with Crippen molar-refractivity contribution in [2.75, 3.05) is 13.2 Å². The lowest BCUT2D eigenvalue weighted by atomic mass is 10.0. The van der Waals surface area contributed by atoms with Crippen molar-refractivity contribution in [3.05, 3.63) is 12.2 Å². The monoisotopic (exact) mass is 226 g/mol. The largest absolute Gasteiger partial charge is 0.465 e. The minimum Gasteiger partial charge on any atom is -0.465 e. The molecule has 1 rings (SSSR count). The van der Waals surface area contributed by atoms with Crippen LogP contribution in [0.25, 0.3) is 0 Å². The minimum atomic E-state index is -1.07. The normalized spacial score (nSPS) is 21.8. The molecule has 1 saturated carbocycles. The molecule has 0 aromatic carbocycles. The molecule has 0 amide bonds. The second-order valence-corrected chi connectivity index (χ2v) is 3.75. The van der Waals surface area contributed by atoms with Gasteiger partial charge in [0.2, 0.25) is 0 Å². The van der Waals surface area contributed by atoms with E-state index in [0.717, 1.165) is 0 Å². The van der Waals surface area contributed by atoms with Crippen LogP contribution in [0, 0.1) is 11.3 Å². The Labute approximate surface area is 95.6 Å². The molecular formula is C12H18O4. The lowest BCUT2D eigenvalue weighted by Crippen LogP contribution is -2.31. The fraction of sp³-hybridized carbons (Fsp3) is 0.667. The summed E-state index contributed by atoms with van der Waals surface area (Å²) < 4.78 is 9.88. The molecule has 16 heavy (non-hydrogen) atoms. The van der Waals surface area contributed by atoms with Gasteiger partial charge in [-0.1, -0.05) is 12.2 Å². The number of allylic oxidation sites excluding steroid dienone is 2. The van der Waals surface area contributed by atoms with Crippen LogP contribution < -0.4 is 0 Å². The fourth-order valence-electron chi connectivity index (χ4n) is 1.83. The molecule has 1 aliphatic carbocycles. The van der Waals surface area contributed by atoms with Gasteiger partial charge in [0.15, 0.2) is 5.41 Å². The number of hydrogen-bond acceptors (Lipinski definition) is 4. The topological polar surface area (TPSA) is 52.6 Å². The van der Waals surface area contributed by atoms with Crippen LogP contribution in [0.1, 0.15) is 27.2 Å². The molecule has 90 valence electrons.